The van der Waals surface area contributed by atoms with Gasteiger partial charge in [-0.1, -0.05) is 6.07 Å². The molecule has 1 unspecified atom stereocenters. The summed E-state index contributed by atoms with van der Waals surface area (Å²) in [6.07, 6.45) is 4.43. The Kier molecular flexibility index (Phi) is 3.39. The van der Waals surface area contributed by atoms with E-state index in [-0.39, 0.29) is 11.8 Å². The maximum atomic E-state index is 11.5. The van der Waals surface area contributed by atoms with Gasteiger partial charge < -0.3 is 15.5 Å². The zero-order chi connectivity index (χ0) is 12.3. The van der Waals surface area contributed by atoms with Crippen molar-refractivity contribution >= 4 is 11.6 Å². The van der Waals surface area contributed by atoms with Gasteiger partial charge in [-0.15, -0.1) is 0 Å². The SMILES string of the molecule is CNC(=O)C(CN)Cc1cn2ccccc2n1. The van der Waals surface area contributed by atoms with E-state index >= 15 is 0 Å². The molecule has 3 N–H and O–H groups in total. The highest BCUT2D eigenvalue weighted by molar-refractivity contribution is 5.78. The quantitative estimate of drug-likeness (QED) is 0.791. The maximum Gasteiger partial charge on any atom is 0.224 e. The molecule has 0 fully saturated rings. The second kappa shape index (κ2) is 4.97. The van der Waals surface area contributed by atoms with Crippen LogP contribution in [0.25, 0.3) is 5.65 Å². The van der Waals surface area contributed by atoms with Crippen molar-refractivity contribution < 1.29 is 4.79 Å². The summed E-state index contributed by atoms with van der Waals surface area (Å²) in [4.78, 5) is 16.0. The fourth-order valence-electron chi connectivity index (χ4n) is 1.83. The predicted octanol–water partition coefficient (Wildman–Crippen LogP) is 0.198. The van der Waals surface area contributed by atoms with E-state index in [2.05, 4.69) is 10.3 Å². The largest absolute Gasteiger partial charge is 0.359 e. The average Bonchev–Trinajstić information content (AvgIpc) is 2.77. The van der Waals surface area contributed by atoms with Crippen molar-refractivity contribution in [1.82, 2.24) is 14.7 Å². The number of imidazole rings is 1. The van der Waals surface area contributed by atoms with Gasteiger partial charge >= 0.3 is 0 Å². The molecule has 0 aliphatic heterocycles. The Labute approximate surface area is 99.6 Å². The number of aromatic nitrogens is 2. The average molecular weight is 232 g/mol. The molecule has 2 rings (SSSR count). The van der Waals surface area contributed by atoms with Crippen molar-refractivity contribution in [3.8, 4) is 0 Å². The van der Waals surface area contributed by atoms with Gasteiger partial charge in [-0.05, 0) is 12.1 Å². The number of nitrogens with two attached hydrogens (primary N) is 1. The lowest BCUT2D eigenvalue weighted by Crippen LogP contribution is -2.34. The van der Waals surface area contributed by atoms with Crippen LogP contribution in [-0.4, -0.2) is 28.9 Å². The molecule has 1 atom stereocenters. The normalized spacial score (nSPS) is 12.6. The molecular formula is C12H16N4O. The van der Waals surface area contributed by atoms with Crippen molar-refractivity contribution in [2.45, 2.75) is 6.42 Å². The van der Waals surface area contributed by atoms with Crippen LogP contribution in [-0.2, 0) is 11.2 Å². The molecule has 0 saturated carbocycles. The number of pyridine rings is 1. The second-order valence-corrected chi connectivity index (χ2v) is 3.95. The van der Waals surface area contributed by atoms with E-state index < -0.39 is 0 Å². The standard InChI is InChI=1S/C12H16N4O/c1-14-12(17)9(7-13)6-10-8-16-5-3-2-4-11(16)15-10/h2-5,8-9H,6-7,13H2,1H3,(H,14,17). The molecule has 5 nitrogen and oxygen atoms in total. The lowest BCUT2D eigenvalue weighted by atomic mass is 10.0. The first-order chi connectivity index (χ1) is 8.24. The first kappa shape index (κ1) is 11.6. The van der Waals surface area contributed by atoms with E-state index in [0.717, 1.165) is 11.3 Å². The van der Waals surface area contributed by atoms with Crippen LogP contribution in [0.3, 0.4) is 0 Å². The third-order valence-electron chi connectivity index (χ3n) is 2.77. The molecule has 2 heterocycles. The van der Waals surface area contributed by atoms with E-state index in [0.29, 0.717) is 13.0 Å². The van der Waals surface area contributed by atoms with Crippen molar-refractivity contribution in [2.24, 2.45) is 11.7 Å². The predicted molar refractivity (Wildman–Crippen MR) is 65.5 cm³/mol. The van der Waals surface area contributed by atoms with Crippen molar-refractivity contribution in [3.63, 3.8) is 0 Å². The molecule has 0 radical (unpaired) electrons. The summed E-state index contributed by atoms with van der Waals surface area (Å²) >= 11 is 0. The summed E-state index contributed by atoms with van der Waals surface area (Å²) in [5.74, 6) is -0.255. The topological polar surface area (TPSA) is 72.4 Å². The Hall–Kier alpha value is -1.88. The van der Waals surface area contributed by atoms with Crippen LogP contribution >= 0.6 is 0 Å². The van der Waals surface area contributed by atoms with Gasteiger partial charge in [0.1, 0.15) is 5.65 Å². The molecule has 2 aromatic rings. The number of amides is 1. The highest BCUT2D eigenvalue weighted by Gasteiger charge is 2.17. The Morgan fingerprint density at radius 3 is 3.06 bits per heavy atom. The number of rotatable bonds is 4. The highest BCUT2D eigenvalue weighted by atomic mass is 16.1. The highest BCUT2D eigenvalue weighted by Crippen LogP contribution is 2.09. The Morgan fingerprint density at radius 2 is 2.41 bits per heavy atom. The summed E-state index contributed by atoms with van der Waals surface area (Å²) in [6.45, 7) is 0.327. The molecule has 0 aliphatic rings. The minimum Gasteiger partial charge on any atom is -0.359 e. The van der Waals surface area contributed by atoms with Crippen LogP contribution in [0.15, 0.2) is 30.6 Å². The van der Waals surface area contributed by atoms with Crippen LogP contribution < -0.4 is 11.1 Å². The molecule has 0 bridgehead atoms. The number of carbonyl (C=O) groups excluding carboxylic acids is 1. The van der Waals surface area contributed by atoms with Crippen LogP contribution in [0.4, 0.5) is 0 Å². The number of hydrogen-bond acceptors (Lipinski definition) is 3. The lowest BCUT2D eigenvalue weighted by Gasteiger charge is -2.10. The lowest BCUT2D eigenvalue weighted by molar-refractivity contribution is -0.124. The maximum absolute atomic E-state index is 11.5. The van der Waals surface area contributed by atoms with Gasteiger partial charge in [0, 0.05) is 32.4 Å². The summed E-state index contributed by atoms with van der Waals surface area (Å²) in [7, 11) is 1.62. The van der Waals surface area contributed by atoms with Crippen molar-refractivity contribution in [3.05, 3.63) is 36.3 Å². The van der Waals surface area contributed by atoms with E-state index in [1.54, 1.807) is 7.05 Å². The molecule has 17 heavy (non-hydrogen) atoms. The zero-order valence-electron chi connectivity index (χ0n) is 9.76. The van der Waals surface area contributed by atoms with Gasteiger partial charge in [0.15, 0.2) is 0 Å². The summed E-state index contributed by atoms with van der Waals surface area (Å²) in [5, 5.41) is 2.62. The number of hydrogen-bond donors (Lipinski definition) is 2. The van der Waals surface area contributed by atoms with E-state index in [4.69, 9.17) is 5.73 Å². The fraction of sp³-hybridized carbons (Fsp3) is 0.333. The molecule has 0 saturated heterocycles. The van der Waals surface area contributed by atoms with Gasteiger partial charge in [0.05, 0.1) is 11.6 Å². The van der Waals surface area contributed by atoms with E-state index in [1.165, 1.54) is 0 Å². The van der Waals surface area contributed by atoms with Crippen LogP contribution in [0.2, 0.25) is 0 Å². The summed E-state index contributed by atoms with van der Waals surface area (Å²) in [6, 6.07) is 5.81. The van der Waals surface area contributed by atoms with Gasteiger partial charge in [0.25, 0.3) is 0 Å². The van der Waals surface area contributed by atoms with E-state index in [9.17, 15) is 4.79 Å². The number of nitrogens with zero attached hydrogens (tertiary/aromatic N) is 2. The monoisotopic (exact) mass is 232 g/mol. The molecule has 5 heteroatoms. The molecule has 0 spiro atoms. The number of carbonyl (C=O) groups is 1. The molecule has 90 valence electrons. The Bertz CT molecular complexity index is 487. The minimum absolute atomic E-state index is 0.0374. The number of nitrogens with one attached hydrogen (secondary N) is 1. The first-order valence-corrected chi connectivity index (χ1v) is 5.59. The molecular weight excluding hydrogens is 216 g/mol. The third kappa shape index (κ3) is 2.45. The van der Waals surface area contributed by atoms with E-state index in [1.807, 2.05) is 35.0 Å². The van der Waals surface area contributed by atoms with Crippen molar-refractivity contribution in [1.29, 1.82) is 0 Å². The van der Waals surface area contributed by atoms with Crippen LogP contribution in [0.1, 0.15) is 5.69 Å². The Balaban J connectivity index is 2.19. The zero-order valence-corrected chi connectivity index (χ0v) is 9.76. The Morgan fingerprint density at radius 1 is 1.59 bits per heavy atom. The third-order valence-corrected chi connectivity index (χ3v) is 2.77. The molecule has 0 aliphatic carbocycles. The number of fused-ring (bicyclic) bond motifs is 1. The molecule has 1 amide bonds. The summed E-state index contributed by atoms with van der Waals surface area (Å²) in [5.41, 5.74) is 7.36. The van der Waals surface area contributed by atoms with Gasteiger partial charge in [-0.25, -0.2) is 4.98 Å². The van der Waals surface area contributed by atoms with Crippen LogP contribution in [0.5, 0.6) is 0 Å². The fourth-order valence-corrected chi connectivity index (χ4v) is 1.83. The molecule has 2 aromatic heterocycles. The molecule has 0 aromatic carbocycles. The van der Waals surface area contributed by atoms with Crippen molar-refractivity contribution in [2.75, 3.05) is 13.6 Å². The summed E-state index contributed by atoms with van der Waals surface area (Å²) < 4.78 is 1.94. The van der Waals surface area contributed by atoms with Gasteiger partial charge in [-0.3, -0.25) is 4.79 Å². The van der Waals surface area contributed by atoms with Gasteiger partial charge in [0.2, 0.25) is 5.91 Å². The second-order valence-electron chi connectivity index (χ2n) is 3.95. The van der Waals surface area contributed by atoms with Crippen LogP contribution in [0, 0.1) is 5.92 Å². The smallest absolute Gasteiger partial charge is 0.224 e. The minimum atomic E-state index is -0.218. The first-order valence-electron chi connectivity index (χ1n) is 5.59. The van der Waals surface area contributed by atoms with Gasteiger partial charge in [-0.2, -0.15) is 0 Å².